The van der Waals surface area contributed by atoms with Crippen molar-refractivity contribution in [3.05, 3.63) is 41.8 Å². The maximum absolute atomic E-state index is 6.11. The summed E-state index contributed by atoms with van der Waals surface area (Å²) in [6.07, 6.45) is 0.695. The van der Waals surface area contributed by atoms with Crippen molar-refractivity contribution in [2.45, 2.75) is 26.3 Å². The fourth-order valence-electron chi connectivity index (χ4n) is 1.95. The highest BCUT2D eigenvalue weighted by atomic mass is 16.4. The van der Waals surface area contributed by atoms with Gasteiger partial charge in [-0.2, -0.15) is 0 Å². The highest BCUT2D eigenvalue weighted by molar-refractivity contribution is 5.24. The first-order chi connectivity index (χ1) is 9.24. The Labute approximate surface area is 113 Å². The minimum Gasteiger partial charge on any atom is -0.406 e. The van der Waals surface area contributed by atoms with Crippen LogP contribution in [0.4, 0.5) is 6.01 Å². The van der Waals surface area contributed by atoms with E-state index in [9.17, 15) is 0 Å². The van der Waals surface area contributed by atoms with Crippen molar-refractivity contribution in [2.24, 2.45) is 5.73 Å². The molecule has 19 heavy (non-hydrogen) atoms. The number of aromatic nitrogens is 2. The number of rotatable bonds is 6. The van der Waals surface area contributed by atoms with Crippen LogP contribution in [0.1, 0.15) is 31.3 Å². The minimum absolute atomic E-state index is 0.265. The number of hydrogen-bond acceptors (Lipinski definition) is 5. The Kier molecular flexibility index (Phi) is 4.52. The van der Waals surface area contributed by atoms with Crippen LogP contribution in [0.15, 0.2) is 34.7 Å². The van der Waals surface area contributed by atoms with Gasteiger partial charge in [0, 0.05) is 13.1 Å². The van der Waals surface area contributed by atoms with Crippen LogP contribution >= 0.6 is 0 Å². The molecule has 1 atom stereocenters. The molecule has 0 radical (unpaired) electrons. The summed E-state index contributed by atoms with van der Waals surface area (Å²) in [5.41, 5.74) is 7.27. The molecule has 2 rings (SSSR count). The van der Waals surface area contributed by atoms with Crippen LogP contribution in [-0.2, 0) is 6.42 Å². The molecule has 102 valence electrons. The normalized spacial score (nSPS) is 12.4. The monoisotopic (exact) mass is 260 g/mol. The Morgan fingerprint density at radius 1 is 1.16 bits per heavy atom. The van der Waals surface area contributed by atoms with Crippen molar-refractivity contribution in [1.29, 1.82) is 0 Å². The van der Waals surface area contributed by atoms with Crippen LogP contribution in [0.2, 0.25) is 0 Å². The standard InChI is InChI=1S/C14H20N4O/c1-3-18(4-2)14-17-16-13(19-14)12(15)10-11-8-6-5-7-9-11/h5-9,12H,3-4,10,15H2,1-2H3. The quantitative estimate of drug-likeness (QED) is 0.862. The second-order valence-electron chi connectivity index (χ2n) is 4.39. The predicted molar refractivity (Wildman–Crippen MR) is 74.9 cm³/mol. The topological polar surface area (TPSA) is 68.2 Å². The Morgan fingerprint density at radius 3 is 2.47 bits per heavy atom. The average molecular weight is 260 g/mol. The van der Waals surface area contributed by atoms with Crippen LogP contribution in [-0.4, -0.2) is 23.3 Å². The van der Waals surface area contributed by atoms with E-state index in [2.05, 4.69) is 24.0 Å². The van der Waals surface area contributed by atoms with E-state index in [1.807, 2.05) is 35.2 Å². The third-order valence-corrected chi connectivity index (χ3v) is 3.08. The summed E-state index contributed by atoms with van der Waals surface area (Å²) in [6.45, 7) is 5.78. The third kappa shape index (κ3) is 3.32. The smallest absolute Gasteiger partial charge is 0.318 e. The summed E-state index contributed by atoms with van der Waals surface area (Å²) >= 11 is 0. The zero-order valence-corrected chi connectivity index (χ0v) is 11.4. The molecule has 0 saturated heterocycles. The van der Waals surface area contributed by atoms with Crippen LogP contribution < -0.4 is 10.6 Å². The van der Waals surface area contributed by atoms with E-state index in [1.54, 1.807) is 0 Å². The maximum atomic E-state index is 6.11. The van der Waals surface area contributed by atoms with E-state index in [1.165, 1.54) is 0 Å². The predicted octanol–water partition coefficient (Wildman–Crippen LogP) is 2.16. The van der Waals surface area contributed by atoms with E-state index in [0.29, 0.717) is 18.3 Å². The lowest BCUT2D eigenvalue weighted by Crippen LogP contribution is -2.22. The molecule has 1 heterocycles. The maximum Gasteiger partial charge on any atom is 0.318 e. The molecule has 0 aliphatic heterocycles. The first kappa shape index (κ1) is 13.5. The van der Waals surface area contributed by atoms with Crippen molar-refractivity contribution < 1.29 is 4.42 Å². The fourth-order valence-corrected chi connectivity index (χ4v) is 1.95. The fraction of sp³-hybridized carbons (Fsp3) is 0.429. The molecule has 1 aromatic carbocycles. The largest absolute Gasteiger partial charge is 0.406 e. The van der Waals surface area contributed by atoms with Crippen LogP contribution in [0, 0.1) is 0 Å². The molecular formula is C14H20N4O. The Morgan fingerprint density at radius 2 is 1.84 bits per heavy atom. The van der Waals surface area contributed by atoms with Gasteiger partial charge in [-0.1, -0.05) is 35.4 Å². The van der Waals surface area contributed by atoms with Gasteiger partial charge in [0.15, 0.2) is 0 Å². The lowest BCUT2D eigenvalue weighted by atomic mass is 10.1. The van der Waals surface area contributed by atoms with Gasteiger partial charge in [-0.15, -0.1) is 5.10 Å². The molecule has 2 N–H and O–H groups in total. The molecule has 0 spiro atoms. The lowest BCUT2D eigenvalue weighted by Gasteiger charge is -2.14. The first-order valence-corrected chi connectivity index (χ1v) is 6.62. The van der Waals surface area contributed by atoms with E-state index in [-0.39, 0.29) is 6.04 Å². The van der Waals surface area contributed by atoms with E-state index < -0.39 is 0 Å². The summed E-state index contributed by atoms with van der Waals surface area (Å²) in [7, 11) is 0. The van der Waals surface area contributed by atoms with Crippen molar-refractivity contribution in [3.63, 3.8) is 0 Å². The number of benzene rings is 1. The van der Waals surface area contributed by atoms with Gasteiger partial charge in [-0.25, -0.2) is 0 Å². The molecule has 1 unspecified atom stereocenters. The SMILES string of the molecule is CCN(CC)c1nnc(C(N)Cc2ccccc2)o1. The lowest BCUT2D eigenvalue weighted by molar-refractivity contribution is 0.445. The molecule has 5 nitrogen and oxygen atoms in total. The van der Waals surface area contributed by atoms with Gasteiger partial charge in [0.2, 0.25) is 5.89 Å². The van der Waals surface area contributed by atoms with E-state index >= 15 is 0 Å². The van der Waals surface area contributed by atoms with Crippen molar-refractivity contribution in [3.8, 4) is 0 Å². The molecular weight excluding hydrogens is 240 g/mol. The Hall–Kier alpha value is -1.88. The molecule has 0 amide bonds. The van der Waals surface area contributed by atoms with E-state index in [0.717, 1.165) is 18.7 Å². The molecule has 0 fully saturated rings. The van der Waals surface area contributed by atoms with Crippen molar-refractivity contribution in [2.75, 3.05) is 18.0 Å². The van der Waals surface area contributed by atoms with Gasteiger partial charge >= 0.3 is 6.01 Å². The molecule has 0 bridgehead atoms. The van der Waals surface area contributed by atoms with Gasteiger partial charge in [0.1, 0.15) is 0 Å². The van der Waals surface area contributed by atoms with Crippen LogP contribution in [0.25, 0.3) is 0 Å². The van der Waals surface area contributed by atoms with Crippen molar-refractivity contribution >= 4 is 6.01 Å². The highest BCUT2D eigenvalue weighted by Gasteiger charge is 2.17. The van der Waals surface area contributed by atoms with Gasteiger partial charge in [0.25, 0.3) is 0 Å². The van der Waals surface area contributed by atoms with Gasteiger partial charge in [-0.3, -0.25) is 0 Å². The Balaban J connectivity index is 2.06. The van der Waals surface area contributed by atoms with Crippen LogP contribution in [0.3, 0.4) is 0 Å². The van der Waals surface area contributed by atoms with Gasteiger partial charge < -0.3 is 15.1 Å². The number of nitrogens with zero attached hydrogens (tertiary/aromatic N) is 3. The molecule has 2 aromatic rings. The highest BCUT2D eigenvalue weighted by Crippen LogP contribution is 2.18. The molecule has 0 aliphatic carbocycles. The molecule has 0 saturated carbocycles. The molecule has 0 aliphatic rings. The Bertz CT molecular complexity index is 493. The summed E-state index contributed by atoms with van der Waals surface area (Å²) in [6, 6.07) is 10.3. The van der Waals surface area contributed by atoms with Gasteiger partial charge in [0.05, 0.1) is 6.04 Å². The summed E-state index contributed by atoms with van der Waals surface area (Å²) in [5, 5.41) is 8.10. The summed E-state index contributed by atoms with van der Waals surface area (Å²) < 4.78 is 5.64. The number of nitrogens with two attached hydrogens (primary N) is 1. The number of hydrogen-bond donors (Lipinski definition) is 1. The zero-order valence-electron chi connectivity index (χ0n) is 11.4. The van der Waals surface area contributed by atoms with Crippen LogP contribution in [0.5, 0.6) is 0 Å². The summed E-state index contributed by atoms with van der Waals surface area (Å²) in [4.78, 5) is 2.01. The van der Waals surface area contributed by atoms with Crippen molar-refractivity contribution in [1.82, 2.24) is 10.2 Å². The number of anilines is 1. The average Bonchev–Trinajstić information content (AvgIpc) is 2.91. The second-order valence-corrected chi connectivity index (χ2v) is 4.39. The molecule has 5 heteroatoms. The second kappa shape index (κ2) is 6.33. The third-order valence-electron chi connectivity index (χ3n) is 3.08. The minimum atomic E-state index is -0.265. The van der Waals surface area contributed by atoms with E-state index in [4.69, 9.17) is 10.2 Å². The summed E-state index contributed by atoms with van der Waals surface area (Å²) in [5.74, 6) is 0.491. The van der Waals surface area contributed by atoms with Gasteiger partial charge in [-0.05, 0) is 25.8 Å². The first-order valence-electron chi connectivity index (χ1n) is 6.62. The zero-order chi connectivity index (χ0) is 13.7. The molecule has 1 aromatic heterocycles.